The average Bonchev–Trinajstić information content (AvgIpc) is 2.80. The van der Waals surface area contributed by atoms with Gasteiger partial charge in [-0.2, -0.15) is 0 Å². The Kier molecular flexibility index (Phi) is 7.03. The number of amides is 1. The third-order valence-electron chi connectivity index (χ3n) is 5.44. The number of aromatic nitrogens is 2. The van der Waals surface area contributed by atoms with E-state index in [1.165, 1.54) is 17.3 Å². The second kappa shape index (κ2) is 10.1. The van der Waals surface area contributed by atoms with Gasteiger partial charge in [-0.3, -0.25) is 9.59 Å². The number of fused-ring (bicyclic) bond motifs is 1. The summed E-state index contributed by atoms with van der Waals surface area (Å²) < 4.78 is 11.5. The molecular weight excluding hydrogens is 438 g/mol. The van der Waals surface area contributed by atoms with Crippen LogP contribution in [-0.4, -0.2) is 29.6 Å². The van der Waals surface area contributed by atoms with Crippen molar-refractivity contribution in [1.82, 2.24) is 9.97 Å². The minimum Gasteiger partial charge on any atom is -0.493 e. The molecule has 0 spiro atoms. The van der Waals surface area contributed by atoms with Gasteiger partial charge in [-0.05, 0) is 25.0 Å². The number of H-pyrrole nitrogens is 1. The predicted molar refractivity (Wildman–Crippen MR) is 129 cm³/mol. The fourth-order valence-corrected chi connectivity index (χ4v) is 4.77. The molecule has 7 nitrogen and oxygen atoms in total. The van der Waals surface area contributed by atoms with E-state index >= 15 is 0 Å². The number of thioether (sulfide) groups is 1. The summed E-state index contributed by atoms with van der Waals surface area (Å²) >= 11 is 1.43. The summed E-state index contributed by atoms with van der Waals surface area (Å²) in [6.07, 6.45) is 0.950. The molecule has 0 saturated carbocycles. The van der Waals surface area contributed by atoms with Gasteiger partial charge in [-0.15, -0.1) is 0 Å². The third-order valence-corrected chi connectivity index (χ3v) is 6.39. The second-order valence-electron chi connectivity index (χ2n) is 7.94. The topological polar surface area (TPSA) is 93.3 Å². The number of nitrogens with one attached hydrogen (secondary N) is 2. The molecule has 0 bridgehead atoms. The molecule has 172 valence electrons. The van der Waals surface area contributed by atoms with Crippen LogP contribution >= 0.6 is 11.8 Å². The zero-order chi connectivity index (χ0) is 23.4. The third kappa shape index (κ3) is 5.06. The van der Waals surface area contributed by atoms with Gasteiger partial charge in [0.05, 0.1) is 19.3 Å². The number of benzene rings is 2. The van der Waals surface area contributed by atoms with E-state index in [-0.39, 0.29) is 17.9 Å². The van der Waals surface area contributed by atoms with Crippen molar-refractivity contribution in [2.45, 2.75) is 43.5 Å². The highest BCUT2D eigenvalue weighted by atomic mass is 32.2. The molecule has 0 radical (unpaired) electrons. The van der Waals surface area contributed by atoms with Crippen LogP contribution in [0.15, 0.2) is 52.4 Å². The number of aryl methyl sites for hydroxylation is 1. The minimum absolute atomic E-state index is 0.128. The van der Waals surface area contributed by atoms with E-state index < -0.39 is 5.92 Å². The number of ether oxygens (including phenoxy) is 2. The van der Waals surface area contributed by atoms with E-state index in [0.717, 1.165) is 17.5 Å². The highest BCUT2D eigenvalue weighted by molar-refractivity contribution is 7.98. The van der Waals surface area contributed by atoms with Crippen molar-refractivity contribution < 1.29 is 14.3 Å². The van der Waals surface area contributed by atoms with Crippen LogP contribution < -0.4 is 20.3 Å². The molecule has 3 aromatic rings. The van der Waals surface area contributed by atoms with Crippen molar-refractivity contribution >= 4 is 23.5 Å². The normalized spacial score (nSPS) is 15.0. The predicted octanol–water partition coefficient (Wildman–Crippen LogP) is 4.64. The minimum atomic E-state index is -0.484. The summed E-state index contributed by atoms with van der Waals surface area (Å²) in [4.78, 5) is 33.2. The molecule has 0 unspecified atom stereocenters. The Morgan fingerprint density at radius 3 is 2.76 bits per heavy atom. The maximum Gasteiger partial charge on any atom is 0.257 e. The summed E-state index contributed by atoms with van der Waals surface area (Å²) in [7, 11) is 1.57. The van der Waals surface area contributed by atoms with Gasteiger partial charge in [0.15, 0.2) is 16.7 Å². The van der Waals surface area contributed by atoms with Gasteiger partial charge >= 0.3 is 0 Å². The molecule has 1 amide bonds. The Labute approximate surface area is 196 Å². The van der Waals surface area contributed by atoms with Gasteiger partial charge < -0.3 is 19.8 Å². The molecule has 2 N–H and O–H groups in total. The highest BCUT2D eigenvalue weighted by Gasteiger charge is 2.33. The Balaban J connectivity index is 1.70. The van der Waals surface area contributed by atoms with Crippen LogP contribution in [0.2, 0.25) is 0 Å². The first kappa shape index (κ1) is 22.9. The van der Waals surface area contributed by atoms with E-state index in [2.05, 4.69) is 21.4 Å². The number of methoxy groups -OCH3 is 1. The quantitative estimate of drug-likeness (QED) is 0.372. The van der Waals surface area contributed by atoms with Crippen molar-refractivity contribution in [2.75, 3.05) is 19.0 Å². The Bertz CT molecular complexity index is 1220. The maximum absolute atomic E-state index is 13.2. The summed E-state index contributed by atoms with van der Waals surface area (Å²) in [6, 6.07) is 13.7. The number of rotatable bonds is 8. The molecule has 0 fully saturated rings. The summed E-state index contributed by atoms with van der Waals surface area (Å²) in [5.74, 6) is 1.42. The highest BCUT2D eigenvalue weighted by Crippen LogP contribution is 2.42. The van der Waals surface area contributed by atoms with Gasteiger partial charge in [-0.1, -0.05) is 60.6 Å². The number of hydrogen-bond donors (Lipinski definition) is 2. The van der Waals surface area contributed by atoms with E-state index in [9.17, 15) is 9.59 Å². The molecule has 1 aliphatic heterocycles. The lowest BCUT2D eigenvalue weighted by atomic mass is 9.86. The molecule has 1 aromatic heterocycles. The summed E-state index contributed by atoms with van der Waals surface area (Å²) in [5, 5.41) is 3.25. The lowest BCUT2D eigenvalue weighted by molar-refractivity contribution is -0.116. The van der Waals surface area contributed by atoms with Crippen LogP contribution in [0.5, 0.6) is 11.5 Å². The average molecular weight is 466 g/mol. The van der Waals surface area contributed by atoms with Gasteiger partial charge in [0.1, 0.15) is 5.82 Å². The van der Waals surface area contributed by atoms with Gasteiger partial charge in [0, 0.05) is 23.7 Å². The number of carbonyl (C=O) groups is 1. The lowest BCUT2D eigenvalue weighted by Gasteiger charge is -2.26. The number of para-hydroxylation sites is 1. The Morgan fingerprint density at radius 1 is 1.18 bits per heavy atom. The van der Waals surface area contributed by atoms with Gasteiger partial charge in [0.2, 0.25) is 5.91 Å². The first-order valence-electron chi connectivity index (χ1n) is 10.9. The van der Waals surface area contributed by atoms with Crippen LogP contribution in [0.25, 0.3) is 0 Å². The van der Waals surface area contributed by atoms with Crippen molar-refractivity contribution in [1.29, 1.82) is 0 Å². The zero-order valence-corrected chi connectivity index (χ0v) is 19.8. The van der Waals surface area contributed by atoms with Crippen LogP contribution in [0, 0.1) is 6.92 Å². The molecule has 0 aliphatic carbocycles. The van der Waals surface area contributed by atoms with E-state index in [0.29, 0.717) is 40.4 Å². The van der Waals surface area contributed by atoms with Gasteiger partial charge in [0.25, 0.3) is 5.56 Å². The Hall–Kier alpha value is -3.26. The van der Waals surface area contributed by atoms with Crippen LogP contribution in [0.1, 0.15) is 47.9 Å². The summed E-state index contributed by atoms with van der Waals surface area (Å²) in [6.45, 7) is 4.56. The standard InChI is InChI=1S/C25H27N3O4S/c1-4-11-32-22-17(9-6-10-19(22)31-3)18-13-20(29)26-23-21(18)24(30)28-25(27-23)33-14-16-8-5-7-15(2)12-16/h5-10,12,18H,4,11,13-14H2,1-3H3,(H2,26,27,28,29,30)/t18-/m0/s1. The van der Waals surface area contributed by atoms with Crippen LogP contribution in [-0.2, 0) is 10.5 Å². The molecule has 2 heterocycles. The van der Waals surface area contributed by atoms with E-state index in [1.807, 2.05) is 50.2 Å². The van der Waals surface area contributed by atoms with Crippen molar-refractivity contribution in [3.8, 4) is 11.5 Å². The molecule has 33 heavy (non-hydrogen) atoms. The second-order valence-corrected chi connectivity index (χ2v) is 8.91. The number of aromatic amines is 1. The number of hydrogen-bond acceptors (Lipinski definition) is 6. The van der Waals surface area contributed by atoms with E-state index in [1.54, 1.807) is 7.11 Å². The molecule has 4 rings (SSSR count). The maximum atomic E-state index is 13.2. The van der Waals surface area contributed by atoms with Crippen molar-refractivity contribution in [3.63, 3.8) is 0 Å². The molecule has 0 saturated heterocycles. The van der Waals surface area contributed by atoms with E-state index in [4.69, 9.17) is 9.47 Å². The molecule has 1 atom stereocenters. The van der Waals surface area contributed by atoms with Crippen molar-refractivity contribution in [2.24, 2.45) is 0 Å². The zero-order valence-electron chi connectivity index (χ0n) is 18.9. The SMILES string of the molecule is CCCOc1c(OC)cccc1[C@@H]1CC(=O)Nc2nc(SCc3cccc(C)c3)[nH]c(=O)c21. The fourth-order valence-electron chi connectivity index (χ4n) is 3.96. The fraction of sp³-hybridized carbons (Fsp3) is 0.320. The van der Waals surface area contributed by atoms with Crippen molar-refractivity contribution in [3.05, 3.63) is 75.1 Å². The monoisotopic (exact) mass is 465 g/mol. The Morgan fingerprint density at radius 2 is 2.00 bits per heavy atom. The largest absolute Gasteiger partial charge is 0.493 e. The van der Waals surface area contributed by atoms with Crippen LogP contribution in [0.3, 0.4) is 0 Å². The molecular formula is C25H27N3O4S. The number of anilines is 1. The van der Waals surface area contributed by atoms with Gasteiger partial charge in [-0.25, -0.2) is 4.98 Å². The number of carbonyl (C=O) groups excluding carboxylic acids is 1. The van der Waals surface area contributed by atoms with Crippen LogP contribution in [0.4, 0.5) is 5.82 Å². The molecule has 2 aromatic carbocycles. The summed E-state index contributed by atoms with van der Waals surface area (Å²) in [5.41, 5.74) is 3.22. The number of nitrogens with zero attached hydrogens (tertiary/aromatic N) is 1. The smallest absolute Gasteiger partial charge is 0.257 e. The lowest BCUT2D eigenvalue weighted by Crippen LogP contribution is -2.31. The molecule has 1 aliphatic rings. The first-order valence-corrected chi connectivity index (χ1v) is 11.9. The molecule has 8 heteroatoms. The first-order chi connectivity index (χ1) is 16.0.